The third-order valence-corrected chi connectivity index (χ3v) is 4.89. The molecule has 1 heterocycles. The van der Waals surface area contributed by atoms with Gasteiger partial charge in [-0.3, -0.25) is 9.59 Å². The van der Waals surface area contributed by atoms with Crippen LogP contribution in [0.4, 0.5) is 11.4 Å². The number of para-hydroxylation sites is 2. The third-order valence-electron chi connectivity index (χ3n) is 4.08. The second-order valence-electron chi connectivity index (χ2n) is 5.67. The van der Waals surface area contributed by atoms with E-state index < -0.39 is 5.92 Å². The van der Waals surface area contributed by atoms with Crippen molar-refractivity contribution < 1.29 is 14.3 Å². The molecule has 0 radical (unpaired) electrons. The standard InChI is InChI=1S/C18H16Cl2N2O3/c1-25-15-8-3-2-6-13(15)21-18(24)11-9-16(23)22(10-11)14-7-4-5-12(19)17(14)20/h2-8,11H,9-10H2,1H3,(H,21,24)/t11-/m0/s1. The van der Waals surface area contributed by atoms with E-state index in [-0.39, 0.29) is 24.8 Å². The maximum Gasteiger partial charge on any atom is 0.229 e. The first kappa shape index (κ1) is 17.6. The molecule has 25 heavy (non-hydrogen) atoms. The van der Waals surface area contributed by atoms with Gasteiger partial charge < -0.3 is 15.0 Å². The summed E-state index contributed by atoms with van der Waals surface area (Å²) in [5, 5.41) is 3.50. The first-order chi connectivity index (χ1) is 12.0. The molecule has 1 N–H and O–H groups in total. The minimum absolute atomic E-state index is 0.115. The first-order valence-electron chi connectivity index (χ1n) is 7.69. The fourth-order valence-corrected chi connectivity index (χ4v) is 3.20. The van der Waals surface area contributed by atoms with Crippen LogP contribution in [0.2, 0.25) is 10.0 Å². The topological polar surface area (TPSA) is 58.6 Å². The highest BCUT2D eigenvalue weighted by Crippen LogP contribution is 2.36. The van der Waals surface area contributed by atoms with Gasteiger partial charge in [-0.25, -0.2) is 0 Å². The maximum atomic E-state index is 12.6. The van der Waals surface area contributed by atoms with Gasteiger partial charge in [-0.15, -0.1) is 0 Å². The summed E-state index contributed by atoms with van der Waals surface area (Å²) in [6.07, 6.45) is 0.115. The maximum absolute atomic E-state index is 12.6. The number of hydrogen-bond acceptors (Lipinski definition) is 3. The number of ether oxygens (including phenoxy) is 1. The molecule has 1 aliphatic rings. The van der Waals surface area contributed by atoms with E-state index in [2.05, 4.69) is 5.32 Å². The van der Waals surface area contributed by atoms with Crippen molar-refractivity contribution in [3.8, 4) is 5.75 Å². The Morgan fingerprint density at radius 3 is 2.72 bits per heavy atom. The summed E-state index contributed by atoms with van der Waals surface area (Å²) in [4.78, 5) is 26.4. The fourth-order valence-electron chi connectivity index (χ4n) is 2.80. The Hall–Kier alpha value is -2.24. The minimum Gasteiger partial charge on any atom is -0.495 e. The number of rotatable bonds is 4. The second kappa shape index (κ2) is 7.33. The average Bonchev–Trinajstić information content (AvgIpc) is 2.99. The van der Waals surface area contributed by atoms with E-state index in [9.17, 15) is 9.59 Å². The Balaban J connectivity index is 1.76. The number of hydrogen-bond donors (Lipinski definition) is 1. The Kier molecular flexibility index (Phi) is 5.16. The van der Waals surface area contributed by atoms with E-state index in [4.69, 9.17) is 27.9 Å². The summed E-state index contributed by atoms with van der Waals surface area (Å²) in [5.74, 6) is -0.315. The molecule has 2 aromatic carbocycles. The van der Waals surface area contributed by atoms with Crippen molar-refractivity contribution in [3.05, 3.63) is 52.5 Å². The van der Waals surface area contributed by atoms with Crippen molar-refractivity contribution in [2.24, 2.45) is 5.92 Å². The molecule has 0 unspecified atom stereocenters. The minimum atomic E-state index is -0.479. The molecule has 1 atom stereocenters. The lowest BCUT2D eigenvalue weighted by Gasteiger charge is -2.19. The van der Waals surface area contributed by atoms with Crippen LogP contribution in [0.15, 0.2) is 42.5 Å². The molecule has 0 bridgehead atoms. The van der Waals surface area contributed by atoms with E-state index in [1.807, 2.05) is 6.07 Å². The monoisotopic (exact) mass is 378 g/mol. The highest BCUT2D eigenvalue weighted by molar-refractivity contribution is 6.44. The van der Waals surface area contributed by atoms with Gasteiger partial charge in [0, 0.05) is 13.0 Å². The average molecular weight is 379 g/mol. The quantitative estimate of drug-likeness (QED) is 0.874. The van der Waals surface area contributed by atoms with Crippen molar-refractivity contribution >= 4 is 46.4 Å². The number of methoxy groups -OCH3 is 1. The van der Waals surface area contributed by atoms with Crippen LogP contribution < -0.4 is 15.0 Å². The number of anilines is 2. The summed E-state index contributed by atoms with van der Waals surface area (Å²) in [6, 6.07) is 12.2. The van der Waals surface area contributed by atoms with Crippen LogP contribution in [0.1, 0.15) is 6.42 Å². The van der Waals surface area contributed by atoms with E-state index in [0.29, 0.717) is 27.2 Å². The summed E-state index contributed by atoms with van der Waals surface area (Å²) in [5.41, 5.74) is 1.09. The molecular formula is C18H16Cl2N2O3. The number of carbonyl (C=O) groups is 2. The van der Waals surface area contributed by atoms with Gasteiger partial charge in [-0.1, -0.05) is 41.4 Å². The van der Waals surface area contributed by atoms with Gasteiger partial charge in [-0.2, -0.15) is 0 Å². The Bertz CT molecular complexity index is 826. The van der Waals surface area contributed by atoms with Crippen LogP contribution in [-0.2, 0) is 9.59 Å². The molecule has 2 aromatic rings. The lowest BCUT2D eigenvalue weighted by atomic mass is 10.1. The van der Waals surface area contributed by atoms with Crippen molar-refractivity contribution in [1.29, 1.82) is 0 Å². The van der Waals surface area contributed by atoms with Crippen LogP contribution in [0.3, 0.4) is 0 Å². The van der Waals surface area contributed by atoms with Crippen molar-refractivity contribution in [2.75, 3.05) is 23.9 Å². The van der Waals surface area contributed by atoms with Crippen LogP contribution >= 0.6 is 23.2 Å². The summed E-state index contributed by atoms with van der Waals surface area (Å²) < 4.78 is 5.23. The molecule has 7 heteroatoms. The zero-order valence-corrected chi connectivity index (χ0v) is 15.0. The molecule has 1 fully saturated rings. The van der Waals surface area contributed by atoms with Gasteiger partial charge in [0.15, 0.2) is 0 Å². The number of carbonyl (C=O) groups excluding carboxylic acids is 2. The van der Waals surface area contributed by atoms with E-state index in [0.717, 1.165) is 0 Å². The van der Waals surface area contributed by atoms with Crippen molar-refractivity contribution in [1.82, 2.24) is 0 Å². The van der Waals surface area contributed by atoms with E-state index in [1.54, 1.807) is 36.4 Å². The van der Waals surface area contributed by atoms with Gasteiger partial charge >= 0.3 is 0 Å². The van der Waals surface area contributed by atoms with Gasteiger partial charge in [-0.05, 0) is 24.3 Å². The molecule has 0 aliphatic carbocycles. The van der Waals surface area contributed by atoms with E-state index in [1.165, 1.54) is 12.0 Å². The number of halogens is 2. The Labute approximate surface area is 155 Å². The summed E-state index contributed by atoms with van der Waals surface area (Å²) in [6.45, 7) is 0.250. The van der Waals surface area contributed by atoms with E-state index >= 15 is 0 Å². The van der Waals surface area contributed by atoms with Gasteiger partial charge in [0.25, 0.3) is 0 Å². The molecule has 3 rings (SSSR count). The zero-order valence-electron chi connectivity index (χ0n) is 13.5. The van der Waals surface area contributed by atoms with Crippen LogP contribution in [-0.4, -0.2) is 25.5 Å². The zero-order chi connectivity index (χ0) is 18.0. The van der Waals surface area contributed by atoms with Crippen molar-refractivity contribution in [3.63, 3.8) is 0 Å². The van der Waals surface area contributed by atoms with Gasteiger partial charge in [0.1, 0.15) is 5.75 Å². The highest BCUT2D eigenvalue weighted by atomic mass is 35.5. The molecule has 1 aliphatic heterocycles. The predicted molar refractivity (Wildman–Crippen MR) is 98.5 cm³/mol. The number of nitrogens with one attached hydrogen (secondary N) is 1. The second-order valence-corrected chi connectivity index (χ2v) is 6.45. The SMILES string of the molecule is COc1ccccc1NC(=O)[C@H]1CC(=O)N(c2cccc(Cl)c2Cl)C1. The summed E-state index contributed by atoms with van der Waals surface area (Å²) >= 11 is 12.2. The molecule has 0 aromatic heterocycles. The molecule has 130 valence electrons. The number of nitrogens with zero attached hydrogens (tertiary/aromatic N) is 1. The predicted octanol–water partition coefficient (Wildman–Crippen LogP) is 3.99. The number of benzene rings is 2. The number of amides is 2. The molecule has 0 saturated carbocycles. The molecule has 0 spiro atoms. The lowest BCUT2D eigenvalue weighted by molar-refractivity contribution is -0.122. The van der Waals surface area contributed by atoms with Gasteiger partial charge in [0.05, 0.1) is 34.4 Å². The Morgan fingerprint density at radius 1 is 1.20 bits per heavy atom. The summed E-state index contributed by atoms with van der Waals surface area (Å²) in [7, 11) is 1.53. The molecular weight excluding hydrogens is 363 g/mol. The molecule has 5 nitrogen and oxygen atoms in total. The third kappa shape index (κ3) is 3.57. The smallest absolute Gasteiger partial charge is 0.229 e. The molecule has 2 amide bonds. The van der Waals surface area contributed by atoms with Crippen molar-refractivity contribution in [2.45, 2.75) is 6.42 Å². The lowest BCUT2D eigenvalue weighted by Crippen LogP contribution is -2.28. The van der Waals surface area contributed by atoms with Crippen LogP contribution in [0, 0.1) is 5.92 Å². The fraction of sp³-hybridized carbons (Fsp3) is 0.222. The van der Waals surface area contributed by atoms with Gasteiger partial charge in [0.2, 0.25) is 11.8 Å². The largest absolute Gasteiger partial charge is 0.495 e. The molecule has 1 saturated heterocycles. The highest BCUT2D eigenvalue weighted by Gasteiger charge is 2.36. The normalized spacial score (nSPS) is 16.8. The van der Waals surface area contributed by atoms with Crippen LogP contribution in [0.5, 0.6) is 5.75 Å². The Morgan fingerprint density at radius 2 is 1.96 bits per heavy atom. The van der Waals surface area contributed by atoms with Crippen LogP contribution in [0.25, 0.3) is 0 Å². The first-order valence-corrected chi connectivity index (χ1v) is 8.45.